The lowest BCUT2D eigenvalue weighted by Crippen LogP contribution is -2.23. The van der Waals surface area contributed by atoms with E-state index >= 15 is 0 Å². The van der Waals surface area contributed by atoms with Crippen LogP contribution in [0.1, 0.15) is 15.9 Å². The molecule has 0 aliphatic carbocycles. The summed E-state index contributed by atoms with van der Waals surface area (Å²) in [6.07, 6.45) is 0. The van der Waals surface area contributed by atoms with E-state index < -0.39 is 10.8 Å². The molecule has 0 aromatic heterocycles. The summed E-state index contributed by atoms with van der Waals surface area (Å²) in [7, 11) is 4.49. The summed E-state index contributed by atoms with van der Waals surface area (Å²) in [5.74, 6) is 0.913. The van der Waals surface area contributed by atoms with E-state index in [-0.39, 0.29) is 22.8 Å². The quantitative estimate of drug-likeness (QED) is 0.584. The van der Waals surface area contributed by atoms with Crippen molar-refractivity contribution in [3.63, 3.8) is 0 Å². The zero-order valence-corrected chi connectivity index (χ0v) is 15.1. The van der Waals surface area contributed by atoms with Gasteiger partial charge >= 0.3 is 0 Å². The molecule has 26 heavy (non-hydrogen) atoms. The summed E-state index contributed by atoms with van der Waals surface area (Å²) in [6.45, 7) is 0.170. The van der Waals surface area contributed by atoms with Crippen LogP contribution in [0.5, 0.6) is 17.2 Å². The minimum atomic E-state index is -0.580. The average molecular weight is 381 g/mol. The van der Waals surface area contributed by atoms with Crippen LogP contribution in [0.4, 0.5) is 5.69 Å². The van der Waals surface area contributed by atoms with E-state index in [1.54, 1.807) is 12.1 Å². The van der Waals surface area contributed by atoms with Gasteiger partial charge in [-0.15, -0.1) is 0 Å². The lowest BCUT2D eigenvalue weighted by atomic mass is 10.1. The Bertz CT molecular complexity index is 815. The first-order valence-corrected chi connectivity index (χ1v) is 7.80. The number of nitrogens with one attached hydrogen (secondary N) is 1. The van der Waals surface area contributed by atoms with Crippen LogP contribution in [0.15, 0.2) is 30.3 Å². The molecule has 0 bridgehead atoms. The molecule has 1 N–H and O–H groups in total. The number of hydrogen-bond donors (Lipinski definition) is 1. The number of nitro groups is 1. The molecule has 138 valence electrons. The van der Waals surface area contributed by atoms with Crippen molar-refractivity contribution in [3.8, 4) is 17.2 Å². The highest BCUT2D eigenvalue weighted by Gasteiger charge is 2.16. The van der Waals surface area contributed by atoms with Crippen molar-refractivity contribution in [2.24, 2.45) is 0 Å². The number of ether oxygens (including phenoxy) is 3. The molecule has 9 heteroatoms. The topological polar surface area (TPSA) is 99.9 Å². The standard InChI is InChI=1S/C17H17ClN2O6/c1-24-14-6-10(7-15(25-2)16(14)26-3)9-19-17(21)12-5-4-11(20(22)23)8-13(12)18/h4-8H,9H2,1-3H3,(H,19,21). The second-order valence-electron chi connectivity index (χ2n) is 5.14. The highest BCUT2D eigenvalue weighted by Crippen LogP contribution is 2.38. The van der Waals surface area contributed by atoms with Crippen LogP contribution < -0.4 is 19.5 Å². The number of non-ortho nitro benzene ring substituents is 1. The molecule has 2 rings (SSSR count). The number of benzene rings is 2. The fourth-order valence-corrected chi connectivity index (χ4v) is 2.58. The third-order valence-electron chi connectivity index (χ3n) is 3.59. The van der Waals surface area contributed by atoms with Gasteiger partial charge in [0, 0.05) is 18.7 Å². The van der Waals surface area contributed by atoms with Crippen LogP contribution in [-0.2, 0) is 6.54 Å². The number of methoxy groups -OCH3 is 3. The molecule has 2 aromatic carbocycles. The Labute approximate surface area is 154 Å². The first-order chi connectivity index (χ1) is 12.4. The van der Waals surface area contributed by atoms with Crippen molar-refractivity contribution in [1.82, 2.24) is 5.32 Å². The van der Waals surface area contributed by atoms with E-state index in [2.05, 4.69) is 5.32 Å². The second kappa shape index (κ2) is 8.39. The van der Waals surface area contributed by atoms with Gasteiger partial charge in [-0.2, -0.15) is 0 Å². The third-order valence-corrected chi connectivity index (χ3v) is 3.90. The van der Waals surface area contributed by atoms with Crippen molar-refractivity contribution in [1.29, 1.82) is 0 Å². The summed E-state index contributed by atoms with van der Waals surface area (Å²) in [5.41, 5.74) is 0.673. The number of hydrogen-bond acceptors (Lipinski definition) is 6. The predicted molar refractivity (Wildman–Crippen MR) is 95.4 cm³/mol. The molecule has 0 unspecified atom stereocenters. The Kier molecular flexibility index (Phi) is 6.24. The van der Waals surface area contributed by atoms with Crippen molar-refractivity contribution in [2.45, 2.75) is 6.54 Å². The number of carbonyl (C=O) groups is 1. The summed E-state index contributed by atoms with van der Waals surface area (Å²) < 4.78 is 15.8. The number of rotatable bonds is 7. The Morgan fingerprint density at radius 1 is 1.12 bits per heavy atom. The van der Waals surface area contributed by atoms with Gasteiger partial charge in [0.2, 0.25) is 5.75 Å². The molecule has 1 amide bonds. The molecule has 0 aliphatic rings. The minimum absolute atomic E-state index is 0.00147. The van der Waals surface area contributed by atoms with Gasteiger partial charge in [0.15, 0.2) is 11.5 Å². The van der Waals surface area contributed by atoms with Crippen LogP contribution in [0, 0.1) is 10.1 Å². The highest BCUT2D eigenvalue weighted by molar-refractivity contribution is 6.34. The molecule has 0 spiro atoms. The average Bonchev–Trinajstić information content (AvgIpc) is 2.64. The van der Waals surface area contributed by atoms with Crippen molar-refractivity contribution in [3.05, 3.63) is 56.6 Å². The number of amides is 1. The first-order valence-electron chi connectivity index (χ1n) is 7.42. The molecule has 0 aliphatic heterocycles. The van der Waals surface area contributed by atoms with Crippen LogP contribution >= 0.6 is 11.6 Å². The van der Waals surface area contributed by atoms with Gasteiger partial charge < -0.3 is 19.5 Å². The molecule has 8 nitrogen and oxygen atoms in total. The van der Waals surface area contributed by atoms with Gasteiger partial charge in [-0.05, 0) is 23.8 Å². The smallest absolute Gasteiger partial charge is 0.270 e. The van der Waals surface area contributed by atoms with Crippen molar-refractivity contribution in [2.75, 3.05) is 21.3 Å². The number of nitrogens with zero attached hydrogens (tertiary/aromatic N) is 1. The maximum Gasteiger partial charge on any atom is 0.270 e. The molecule has 0 saturated heterocycles. The third kappa shape index (κ3) is 4.15. The zero-order chi connectivity index (χ0) is 19.3. The number of nitro benzene ring substituents is 1. The predicted octanol–water partition coefficient (Wildman–Crippen LogP) is 3.20. The second-order valence-corrected chi connectivity index (χ2v) is 5.54. The van der Waals surface area contributed by atoms with E-state index in [9.17, 15) is 14.9 Å². The zero-order valence-electron chi connectivity index (χ0n) is 14.4. The normalized spacial score (nSPS) is 10.2. The fraction of sp³-hybridized carbons (Fsp3) is 0.235. The van der Waals surface area contributed by atoms with Gasteiger partial charge in [0.05, 0.1) is 36.8 Å². The molecular weight excluding hydrogens is 364 g/mol. The molecule has 2 aromatic rings. The largest absolute Gasteiger partial charge is 0.493 e. The van der Waals surface area contributed by atoms with Crippen molar-refractivity contribution >= 4 is 23.2 Å². The number of carbonyl (C=O) groups excluding carboxylic acids is 1. The lowest BCUT2D eigenvalue weighted by molar-refractivity contribution is -0.384. The van der Waals surface area contributed by atoms with Crippen molar-refractivity contribution < 1.29 is 23.9 Å². The highest BCUT2D eigenvalue weighted by atomic mass is 35.5. The Morgan fingerprint density at radius 2 is 1.73 bits per heavy atom. The summed E-state index contributed by atoms with van der Waals surface area (Å²) >= 11 is 5.96. The Morgan fingerprint density at radius 3 is 2.19 bits per heavy atom. The number of halogens is 1. The van der Waals surface area contributed by atoms with E-state index in [1.165, 1.54) is 33.5 Å². The van der Waals surface area contributed by atoms with Crippen LogP contribution in [-0.4, -0.2) is 32.2 Å². The SMILES string of the molecule is COc1cc(CNC(=O)c2ccc([N+](=O)[O-])cc2Cl)cc(OC)c1OC. The molecule has 0 saturated carbocycles. The minimum Gasteiger partial charge on any atom is -0.493 e. The van der Waals surface area contributed by atoms with E-state index in [4.69, 9.17) is 25.8 Å². The van der Waals surface area contributed by atoms with Gasteiger partial charge in [0.1, 0.15) is 0 Å². The first kappa shape index (κ1) is 19.3. The lowest BCUT2D eigenvalue weighted by Gasteiger charge is -2.14. The van der Waals surface area contributed by atoms with E-state index in [0.29, 0.717) is 22.8 Å². The maximum atomic E-state index is 12.3. The monoisotopic (exact) mass is 380 g/mol. The van der Waals surface area contributed by atoms with Gasteiger partial charge in [-0.3, -0.25) is 14.9 Å². The van der Waals surface area contributed by atoms with E-state index in [0.717, 1.165) is 6.07 Å². The van der Waals surface area contributed by atoms with Gasteiger partial charge in [-0.25, -0.2) is 0 Å². The van der Waals surface area contributed by atoms with Crippen LogP contribution in [0.25, 0.3) is 0 Å². The van der Waals surface area contributed by atoms with Gasteiger partial charge in [-0.1, -0.05) is 11.6 Å². The summed E-state index contributed by atoms with van der Waals surface area (Å²) in [4.78, 5) is 22.5. The fourth-order valence-electron chi connectivity index (χ4n) is 2.32. The van der Waals surface area contributed by atoms with Crippen LogP contribution in [0.2, 0.25) is 5.02 Å². The molecule has 0 atom stereocenters. The molecule has 0 radical (unpaired) electrons. The molecule has 0 fully saturated rings. The summed E-state index contributed by atoms with van der Waals surface area (Å²) in [6, 6.07) is 7.08. The van der Waals surface area contributed by atoms with E-state index in [1.807, 2.05) is 0 Å². The molecular formula is C17H17ClN2O6. The Balaban J connectivity index is 2.18. The molecule has 0 heterocycles. The maximum absolute atomic E-state index is 12.3. The Hall–Kier alpha value is -3.00. The van der Waals surface area contributed by atoms with Crippen LogP contribution in [0.3, 0.4) is 0 Å². The van der Waals surface area contributed by atoms with Gasteiger partial charge in [0.25, 0.3) is 11.6 Å². The summed E-state index contributed by atoms with van der Waals surface area (Å²) in [5, 5.41) is 13.4.